The highest BCUT2D eigenvalue weighted by Crippen LogP contribution is 2.37. The van der Waals surface area contributed by atoms with Crippen molar-refractivity contribution in [2.45, 2.75) is 152 Å². The normalized spacial score (nSPS) is 16.9. The fourth-order valence-corrected chi connectivity index (χ4v) is 14.8. The number of thioether (sulfide) groups is 3. The lowest BCUT2D eigenvalue weighted by Gasteiger charge is -2.37. The lowest BCUT2D eigenvalue weighted by Crippen LogP contribution is -2.54. The zero-order valence-electron chi connectivity index (χ0n) is 66.7. The van der Waals surface area contributed by atoms with Gasteiger partial charge in [-0.3, -0.25) is 14.7 Å². The van der Waals surface area contributed by atoms with Crippen molar-refractivity contribution in [3.63, 3.8) is 0 Å². The van der Waals surface area contributed by atoms with Crippen LogP contribution in [0, 0.1) is 0 Å². The topological polar surface area (TPSA) is 231 Å². The summed E-state index contributed by atoms with van der Waals surface area (Å²) in [7, 11) is 1.47. The molecule has 25 heteroatoms. The van der Waals surface area contributed by atoms with Crippen LogP contribution in [-0.4, -0.2) is 174 Å². The second kappa shape index (κ2) is 43.4. The van der Waals surface area contributed by atoms with Gasteiger partial charge in [-0.25, -0.2) is 24.0 Å². The molecular formula is C87H105ClN8O13S3. The van der Waals surface area contributed by atoms with Crippen LogP contribution in [-0.2, 0) is 68.8 Å². The van der Waals surface area contributed by atoms with Crippen molar-refractivity contribution in [1.82, 2.24) is 14.7 Å². The summed E-state index contributed by atoms with van der Waals surface area (Å²) in [5.41, 5.74) is 9.43. The van der Waals surface area contributed by atoms with Crippen molar-refractivity contribution < 1.29 is 62.4 Å². The van der Waals surface area contributed by atoms with Crippen LogP contribution in [0.2, 0.25) is 5.02 Å². The minimum Gasteiger partial charge on any atom is -0.492 e. The molecule has 2 fully saturated rings. The largest absolute Gasteiger partial charge is 0.492 e. The van der Waals surface area contributed by atoms with Crippen molar-refractivity contribution in [1.29, 1.82) is 0 Å². The number of ether oxygens (including phenoxy) is 3. The smallest absolute Gasteiger partial charge is 0.367 e. The molecule has 0 radical (unpaired) electrons. The third-order valence-electron chi connectivity index (χ3n) is 20.0. The number of benzene rings is 7. The number of methoxy groups -OCH3 is 1. The number of likely N-dealkylation sites (N-methyl/N-ethyl adjacent to an activating group) is 1. The van der Waals surface area contributed by atoms with Crippen LogP contribution in [0.1, 0.15) is 159 Å². The predicted octanol–water partition coefficient (Wildman–Crippen LogP) is 17.1. The number of nitrogens with zero attached hydrogens (tertiary/aromatic N) is 8. The first-order chi connectivity index (χ1) is 53.8. The molecule has 2 saturated heterocycles. The second-order valence-corrected chi connectivity index (χ2v) is 31.9. The van der Waals surface area contributed by atoms with Crippen LogP contribution in [0.3, 0.4) is 0 Å². The number of morpholine rings is 1. The summed E-state index contributed by atoms with van der Waals surface area (Å²) in [6.45, 7) is 27.5. The van der Waals surface area contributed by atoms with E-state index in [0.717, 1.165) is 133 Å². The maximum atomic E-state index is 12.7. The van der Waals surface area contributed by atoms with E-state index in [2.05, 4.69) is 47.7 Å². The molecule has 12 rings (SSSR count). The molecule has 7 aromatic carbocycles. The van der Waals surface area contributed by atoms with E-state index in [0.29, 0.717) is 48.4 Å². The summed E-state index contributed by atoms with van der Waals surface area (Å²) < 4.78 is 15.3. The average Bonchev–Trinajstić information content (AvgIpc) is 1.26. The standard InChI is InChI=1S/C19H19NO2S2.C18H17NO4.C17H24N2O3S.C17H22N2O2.C16H23ClN2O2/c1-19(23-2,14-8-4-3-5-9-14)18(21)22-20-16-12-13-24-17-11-7-6-10-15(16)17;1-21-17(13-7-3-2-4-8-13)18(20)23-19-15-11-12-22-16-10-6-5-9-14(15)16;1-13(14-5-7-15(23-4)8-6-14)18-22-16(20)17(2,3)19-9-11-21-12-10-19;1-17(2,19-11-5-6-12-19)16(20)21-18-15-10-9-13-7-3-4-8-14(13)15;1-6-19(7-2)16(4,5)15(20)21-18-12(3)13-9-8-10-14(17)11-13/h3-11H,12-13H2,1-2H3;2-10,17H,11-12H2,1H3;5-8H,9-12H2,1-4H3;3-4,7-8H,5-6,9-12H2,1-2H3;8-11H,6-7H2,1-5H3/b20-16+;19-15+;18-13+;18-15+;18-12+. The molecule has 5 aliphatic rings. The molecular weight excluding hydrogens is 1500 g/mol. The molecule has 0 N–H and O–H groups in total. The van der Waals surface area contributed by atoms with E-state index in [9.17, 15) is 24.0 Å². The van der Waals surface area contributed by atoms with Crippen LogP contribution in [0.5, 0.6) is 5.75 Å². The Morgan fingerprint density at radius 1 is 0.545 bits per heavy atom. The molecule has 0 amide bonds. The number of oxime groups is 5. The van der Waals surface area contributed by atoms with Gasteiger partial charge in [0.15, 0.2) is 6.10 Å². The number of halogens is 1. The van der Waals surface area contributed by atoms with Crippen LogP contribution < -0.4 is 4.74 Å². The van der Waals surface area contributed by atoms with Crippen molar-refractivity contribution >= 4 is 105 Å². The number of fused-ring (bicyclic) bond motifs is 3. The third kappa shape index (κ3) is 24.4. The van der Waals surface area contributed by atoms with E-state index in [4.69, 9.17) is 50.0 Å². The Morgan fingerprint density at radius 3 is 1.71 bits per heavy atom. The van der Waals surface area contributed by atoms with Crippen molar-refractivity contribution in [2.75, 3.05) is 84.5 Å². The molecule has 4 aliphatic heterocycles. The van der Waals surface area contributed by atoms with Gasteiger partial charge < -0.3 is 38.4 Å². The highest BCUT2D eigenvalue weighted by molar-refractivity contribution is 8.00. The lowest BCUT2D eigenvalue weighted by atomic mass is 10.0. The molecule has 1 aliphatic carbocycles. The SMILES string of the molecule is CC(C)(C(=O)O/N=C1\CCc2ccccc21)N1CCCC1.CCN(CC)C(C)(C)C(=O)O/N=C(\C)c1cccc(Cl)c1.COC(C(=O)O/N=C1\CCOc2ccccc21)c1ccccc1.CSC(C)(C(=O)O/N=C1\CCSc2ccccc21)c1ccccc1.CSc1ccc(/C(C)=N/OC(=O)C(C)(C)N2CCOCC2)cc1. The van der Waals surface area contributed by atoms with E-state index in [1.807, 2.05) is 256 Å². The highest BCUT2D eigenvalue weighted by atomic mass is 35.5. The van der Waals surface area contributed by atoms with E-state index in [1.54, 1.807) is 30.8 Å². The Kier molecular flexibility index (Phi) is 34.4. The van der Waals surface area contributed by atoms with Gasteiger partial charge in [-0.1, -0.05) is 191 Å². The summed E-state index contributed by atoms with van der Waals surface area (Å²) in [6.07, 6.45) is 8.66. The molecule has 112 heavy (non-hydrogen) atoms. The summed E-state index contributed by atoms with van der Waals surface area (Å²) in [5.74, 6) is -0.167. The Balaban J connectivity index is 0.000000176. The monoisotopic (exact) mass is 1600 g/mol. The molecule has 2 atom stereocenters. The Labute approximate surface area is 677 Å². The van der Waals surface area contributed by atoms with Gasteiger partial charge in [0.1, 0.15) is 27.1 Å². The molecule has 0 saturated carbocycles. The van der Waals surface area contributed by atoms with Crippen LogP contribution in [0.4, 0.5) is 0 Å². The highest BCUT2D eigenvalue weighted by Gasteiger charge is 2.41. The first-order valence-corrected chi connectivity index (χ1v) is 41.4. The van der Waals surface area contributed by atoms with Gasteiger partial charge in [0.05, 0.1) is 48.4 Å². The summed E-state index contributed by atoms with van der Waals surface area (Å²) in [4.78, 5) is 96.6. The minimum atomic E-state index is -0.796. The molecule has 7 aromatic rings. The van der Waals surface area contributed by atoms with Crippen LogP contribution >= 0.6 is 46.9 Å². The average molecular weight is 1600 g/mol. The Hall–Kier alpha value is -8.82. The Morgan fingerprint density at radius 2 is 1.08 bits per heavy atom. The van der Waals surface area contributed by atoms with Gasteiger partial charge in [0.25, 0.3) is 0 Å². The third-order valence-corrected chi connectivity index (χ3v) is 23.3. The minimum absolute atomic E-state index is 0.263. The van der Waals surface area contributed by atoms with Gasteiger partial charge in [0.2, 0.25) is 0 Å². The molecule has 21 nitrogen and oxygen atoms in total. The fraction of sp³-hybridized carbons (Fsp3) is 0.402. The van der Waals surface area contributed by atoms with Crippen molar-refractivity contribution in [3.8, 4) is 5.75 Å². The number of carbonyl (C=O) groups is 5. The number of rotatable bonds is 22. The van der Waals surface area contributed by atoms with Gasteiger partial charge in [-0.15, -0.1) is 35.3 Å². The van der Waals surface area contributed by atoms with Gasteiger partial charge in [-0.05, 0) is 191 Å². The number of carbonyl (C=O) groups excluding carboxylic acids is 5. The second-order valence-electron chi connectivity index (χ2n) is 28.3. The first-order valence-electron chi connectivity index (χ1n) is 37.6. The number of hydrogen-bond acceptors (Lipinski definition) is 24. The number of para-hydroxylation sites is 1. The van der Waals surface area contributed by atoms with Crippen LogP contribution in [0.25, 0.3) is 0 Å². The molecule has 4 heterocycles. The number of hydrogen-bond donors (Lipinski definition) is 0. The van der Waals surface area contributed by atoms with E-state index >= 15 is 0 Å². The maximum Gasteiger partial charge on any atom is 0.367 e. The number of aryl methyl sites for hydroxylation is 1. The maximum absolute atomic E-state index is 12.7. The molecule has 0 aromatic heterocycles. The van der Waals surface area contributed by atoms with E-state index < -0.39 is 33.4 Å². The van der Waals surface area contributed by atoms with E-state index in [1.165, 1.54) is 34.2 Å². The van der Waals surface area contributed by atoms with E-state index in [-0.39, 0.29) is 23.9 Å². The summed E-state index contributed by atoms with van der Waals surface area (Å²) in [6, 6.07) is 58.0. The quantitative estimate of drug-likeness (QED) is 0.0266. The lowest BCUT2D eigenvalue weighted by molar-refractivity contribution is -0.159. The van der Waals surface area contributed by atoms with Gasteiger partial charge in [-0.2, -0.15) is 0 Å². The Bertz CT molecular complexity index is 4430. The fourth-order valence-electron chi connectivity index (χ4n) is 12.6. The molecule has 2 unspecified atom stereocenters. The number of likely N-dealkylation sites (tertiary alicyclic amines) is 1. The molecule has 0 bridgehead atoms. The predicted molar refractivity (Wildman–Crippen MR) is 449 cm³/mol. The zero-order chi connectivity index (χ0) is 80.9. The molecule has 596 valence electrons. The summed E-state index contributed by atoms with van der Waals surface area (Å²) in [5, 5.41) is 20.9. The van der Waals surface area contributed by atoms with Gasteiger partial charge in [0, 0.05) is 75.9 Å². The molecule has 0 spiro atoms. The van der Waals surface area contributed by atoms with Gasteiger partial charge >= 0.3 is 29.8 Å². The van der Waals surface area contributed by atoms with Crippen LogP contribution in [0.15, 0.2) is 218 Å². The first kappa shape index (κ1) is 88.7. The van der Waals surface area contributed by atoms with Crippen molar-refractivity contribution in [3.05, 3.63) is 232 Å². The zero-order valence-corrected chi connectivity index (χ0v) is 69.9. The van der Waals surface area contributed by atoms with Crippen molar-refractivity contribution in [2.24, 2.45) is 25.8 Å². The summed E-state index contributed by atoms with van der Waals surface area (Å²) >= 11 is 10.9.